The van der Waals surface area contributed by atoms with Gasteiger partial charge in [0.15, 0.2) is 0 Å². The van der Waals surface area contributed by atoms with Crippen LogP contribution in [0.4, 0.5) is 5.95 Å². The maximum atomic E-state index is 5.80. The monoisotopic (exact) mass is 347 g/mol. The fourth-order valence-electron chi connectivity index (χ4n) is 1.86. The molecule has 0 radical (unpaired) electrons. The van der Waals surface area contributed by atoms with E-state index in [1.807, 2.05) is 43.3 Å². The summed E-state index contributed by atoms with van der Waals surface area (Å²) in [6, 6.07) is 11.9. The number of halogens is 1. The summed E-state index contributed by atoms with van der Waals surface area (Å²) in [5.74, 6) is 2.16. The Morgan fingerprint density at radius 1 is 1.19 bits per heavy atom. The largest absolute Gasteiger partial charge is 0.459 e. The first-order valence-electron chi connectivity index (χ1n) is 6.61. The van der Waals surface area contributed by atoms with Gasteiger partial charge in [0.25, 0.3) is 5.95 Å². The molecule has 2 heterocycles. The quantitative estimate of drug-likeness (QED) is 0.766. The zero-order valence-corrected chi connectivity index (χ0v) is 13.0. The molecule has 2 aromatic heterocycles. The molecule has 0 aliphatic carbocycles. The lowest BCUT2D eigenvalue weighted by molar-refractivity contribution is 0.530. The summed E-state index contributed by atoms with van der Waals surface area (Å²) in [5, 5.41) is 15.0. The average molecular weight is 348 g/mol. The summed E-state index contributed by atoms with van der Waals surface area (Å²) in [6.07, 6.45) is 0. The van der Waals surface area contributed by atoms with E-state index in [1.54, 1.807) is 0 Å². The molecule has 0 amide bonds. The van der Waals surface area contributed by atoms with E-state index in [2.05, 4.69) is 36.7 Å². The van der Waals surface area contributed by atoms with Crippen molar-refractivity contribution in [2.75, 3.05) is 5.32 Å². The fraction of sp³-hybridized carbons (Fsp3) is 0.214. The topological polar surface area (TPSA) is 68.8 Å². The van der Waals surface area contributed by atoms with Crippen LogP contribution >= 0.6 is 15.9 Å². The molecule has 0 atom stereocenters. The third kappa shape index (κ3) is 3.30. The van der Waals surface area contributed by atoms with Crippen LogP contribution in [0.1, 0.15) is 12.7 Å². The van der Waals surface area contributed by atoms with Crippen molar-refractivity contribution in [3.63, 3.8) is 0 Å². The van der Waals surface area contributed by atoms with Crippen molar-refractivity contribution in [1.29, 1.82) is 0 Å². The van der Waals surface area contributed by atoms with E-state index < -0.39 is 0 Å². The van der Waals surface area contributed by atoms with Crippen LogP contribution in [0.25, 0.3) is 11.3 Å². The zero-order chi connectivity index (χ0) is 14.7. The molecule has 7 heteroatoms. The van der Waals surface area contributed by atoms with Crippen molar-refractivity contribution in [2.45, 2.75) is 20.0 Å². The Morgan fingerprint density at radius 3 is 2.71 bits per heavy atom. The van der Waals surface area contributed by atoms with Gasteiger partial charge in [-0.1, -0.05) is 33.2 Å². The van der Waals surface area contributed by atoms with Crippen LogP contribution in [0, 0.1) is 0 Å². The van der Waals surface area contributed by atoms with Gasteiger partial charge < -0.3 is 9.73 Å². The number of furan rings is 1. The number of rotatable bonds is 5. The molecule has 0 saturated carbocycles. The Hall–Kier alpha value is -2.15. The molecule has 3 aromatic rings. The van der Waals surface area contributed by atoms with Gasteiger partial charge in [-0.2, -0.15) is 4.80 Å². The predicted molar refractivity (Wildman–Crippen MR) is 82.7 cm³/mol. The van der Waals surface area contributed by atoms with Gasteiger partial charge in [0, 0.05) is 10.0 Å². The number of aromatic nitrogens is 4. The molecule has 108 valence electrons. The van der Waals surface area contributed by atoms with Gasteiger partial charge in [0.2, 0.25) is 0 Å². The Morgan fingerprint density at radius 2 is 2.00 bits per heavy atom. The molecule has 0 aliphatic heterocycles. The van der Waals surface area contributed by atoms with E-state index in [1.165, 1.54) is 4.80 Å². The molecule has 0 unspecified atom stereocenters. The van der Waals surface area contributed by atoms with Crippen molar-refractivity contribution in [1.82, 2.24) is 20.2 Å². The number of nitrogens with zero attached hydrogens (tertiary/aromatic N) is 4. The summed E-state index contributed by atoms with van der Waals surface area (Å²) >= 11 is 3.42. The highest BCUT2D eigenvalue weighted by Gasteiger charge is 2.06. The van der Waals surface area contributed by atoms with Crippen LogP contribution in [-0.2, 0) is 13.1 Å². The Labute approximate surface area is 130 Å². The van der Waals surface area contributed by atoms with Crippen molar-refractivity contribution >= 4 is 21.9 Å². The molecule has 0 bridgehead atoms. The first-order chi connectivity index (χ1) is 10.2. The predicted octanol–water partition coefficient (Wildman–Crippen LogP) is 3.33. The van der Waals surface area contributed by atoms with Crippen LogP contribution in [0.15, 0.2) is 45.3 Å². The number of benzene rings is 1. The Balaban J connectivity index is 1.66. The second kappa shape index (κ2) is 6.09. The summed E-state index contributed by atoms with van der Waals surface area (Å²) < 4.78 is 6.85. The van der Waals surface area contributed by atoms with E-state index in [-0.39, 0.29) is 0 Å². The third-order valence-electron chi connectivity index (χ3n) is 2.95. The zero-order valence-electron chi connectivity index (χ0n) is 11.5. The van der Waals surface area contributed by atoms with Crippen LogP contribution in [0.3, 0.4) is 0 Å². The van der Waals surface area contributed by atoms with Crippen LogP contribution < -0.4 is 5.32 Å². The van der Waals surface area contributed by atoms with Gasteiger partial charge in [-0.15, -0.1) is 5.10 Å². The molecule has 21 heavy (non-hydrogen) atoms. The molecular formula is C14H14BrN5O. The molecule has 0 saturated heterocycles. The van der Waals surface area contributed by atoms with E-state index >= 15 is 0 Å². The second-order valence-electron chi connectivity index (χ2n) is 4.43. The minimum atomic E-state index is 0.499. The molecule has 0 fully saturated rings. The third-order valence-corrected chi connectivity index (χ3v) is 3.48. The maximum Gasteiger partial charge on any atom is 0.263 e. The maximum absolute atomic E-state index is 5.80. The second-order valence-corrected chi connectivity index (χ2v) is 5.34. The minimum Gasteiger partial charge on any atom is -0.459 e. The fourth-order valence-corrected chi connectivity index (χ4v) is 2.12. The van der Waals surface area contributed by atoms with Crippen LogP contribution in [0.5, 0.6) is 0 Å². The molecule has 6 nitrogen and oxygen atoms in total. The van der Waals surface area contributed by atoms with Gasteiger partial charge in [0.1, 0.15) is 11.5 Å². The standard InChI is InChI=1S/C14H14BrN5O/c1-2-20-18-14(17-19-20)16-9-12-7-8-13(21-12)10-3-5-11(15)6-4-10/h3-8H,2,9H2,1H3,(H,16,18). The van der Waals surface area contributed by atoms with Gasteiger partial charge in [-0.25, -0.2) is 0 Å². The van der Waals surface area contributed by atoms with E-state index in [9.17, 15) is 0 Å². The van der Waals surface area contributed by atoms with Gasteiger partial charge >= 0.3 is 0 Å². The number of hydrogen-bond donors (Lipinski definition) is 1. The lowest BCUT2D eigenvalue weighted by atomic mass is 10.2. The number of aryl methyl sites for hydroxylation is 1. The van der Waals surface area contributed by atoms with E-state index in [0.717, 1.165) is 21.6 Å². The number of nitrogens with one attached hydrogen (secondary N) is 1. The molecule has 1 N–H and O–H groups in total. The summed E-state index contributed by atoms with van der Waals surface area (Å²) in [5.41, 5.74) is 1.04. The normalized spacial score (nSPS) is 10.8. The molecular weight excluding hydrogens is 334 g/mol. The number of tetrazole rings is 1. The minimum absolute atomic E-state index is 0.499. The van der Waals surface area contributed by atoms with Crippen molar-refractivity contribution in [3.8, 4) is 11.3 Å². The van der Waals surface area contributed by atoms with E-state index in [0.29, 0.717) is 19.0 Å². The van der Waals surface area contributed by atoms with Crippen molar-refractivity contribution in [3.05, 3.63) is 46.6 Å². The Kier molecular flexibility index (Phi) is 4.01. The summed E-state index contributed by atoms with van der Waals surface area (Å²) in [7, 11) is 0. The first-order valence-corrected chi connectivity index (χ1v) is 7.40. The molecule has 0 spiro atoms. The summed E-state index contributed by atoms with van der Waals surface area (Å²) in [4.78, 5) is 1.53. The Bertz CT molecular complexity index is 719. The molecule has 0 aliphatic rings. The number of hydrogen-bond acceptors (Lipinski definition) is 5. The van der Waals surface area contributed by atoms with Crippen molar-refractivity contribution < 1.29 is 4.42 Å². The van der Waals surface area contributed by atoms with E-state index in [4.69, 9.17) is 4.42 Å². The van der Waals surface area contributed by atoms with Crippen molar-refractivity contribution in [2.24, 2.45) is 0 Å². The van der Waals surface area contributed by atoms with Crippen LogP contribution in [-0.4, -0.2) is 20.2 Å². The highest BCUT2D eigenvalue weighted by Crippen LogP contribution is 2.24. The summed E-state index contributed by atoms with van der Waals surface area (Å²) in [6.45, 7) is 3.18. The average Bonchev–Trinajstić information content (AvgIpc) is 3.15. The SMILES string of the molecule is CCn1nnc(NCc2ccc(-c3ccc(Br)cc3)o2)n1. The van der Waals surface area contributed by atoms with Crippen LogP contribution in [0.2, 0.25) is 0 Å². The first kappa shape index (κ1) is 13.8. The molecule has 3 rings (SSSR count). The lowest BCUT2D eigenvalue weighted by Crippen LogP contribution is -2.02. The highest BCUT2D eigenvalue weighted by molar-refractivity contribution is 9.10. The molecule has 1 aromatic carbocycles. The van der Waals surface area contributed by atoms with Gasteiger partial charge in [-0.3, -0.25) is 0 Å². The van der Waals surface area contributed by atoms with Gasteiger partial charge in [0.05, 0.1) is 13.1 Å². The van der Waals surface area contributed by atoms with Gasteiger partial charge in [-0.05, 0) is 36.4 Å². The smallest absolute Gasteiger partial charge is 0.263 e. The number of anilines is 1. The highest BCUT2D eigenvalue weighted by atomic mass is 79.9. The lowest BCUT2D eigenvalue weighted by Gasteiger charge is -1.99.